The molecule has 1 amide bonds. The van der Waals surface area contributed by atoms with Crippen molar-refractivity contribution in [2.45, 2.75) is 65.0 Å². The van der Waals surface area contributed by atoms with Crippen molar-refractivity contribution in [3.63, 3.8) is 0 Å². The van der Waals surface area contributed by atoms with Gasteiger partial charge in [-0.2, -0.15) is 0 Å². The molecule has 3 nitrogen and oxygen atoms in total. The molecule has 1 aliphatic heterocycles. The molecule has 1 aliphatic rings. The Kier molecular flexibility index (Phi) is 5.04. The van der Waals surface area contributed by atoms with E-state index in [1.54, 1.807) is 0 Å². The van der Waals surface area contributed by atoms with Gasteiger partial charge in [0.15, 0.2) is 0 Å². The SMILES string of the molecule is CCCC1(C(=O)NC(C)c2cc(C)ccc2C)CCCN1. The van der Waals surface area contributed by atoms with Gasteiger partial charge in [-0.25, -0.2) is 0 Å². The molecule has 2 atom stereocenters. The lowest BCUT2D eigenvalue weighted by Gasteiger charge is -2.30. The first-order valence-corrected chi connectivity index (χ1v) is 8.11. The fourth-order valence-corrected chi connectivity index (χ4v) is 3.39. The summed E-state index contributed by atoms with van der Waals surface area (Å²) in [7, 11) is 0. The molecular weight excluding hydrogens is 260 g/mol. The molecule has 1 fully saturated rings. The highest BCUT2D eigenvalue weighted by Gasteiger charge is 2.40. The molecule has 2 N–H and O–H groups in total. The summed E-state index contributed by atoms with van der Waals surface area (Å²) in [6.07, 6.45) is 3.98. The third-order valence-corrected chi connectivity index (χ3v) is 4.60. The van der Waals surface area contributed by atoms with Gasteiger partial charge in [-0.1, -0.05) is 37.1 Å². The van der Waals surface area contributed by atoms with Gasteiger partial charge in [0.05, 0.1) is 11.6 Å². The van der Waals surface area contributed by atoms with Crippen LogP contribution in [0.4, 0.5) is 0 Å². The second kappa shape index (κ2) is 6.61. The molecular formula is C18H28N2O. The minimum Gasteiger partial charge on any atom is -0.348 e. The van der Waals surface area contributed by atoms with Crippen LogP contribution in [-0.2, 0) is 4.79 Å². The maximum atomic E-state index is 12.8. The lowest BCUT2D eigenvalue weighted by atomic mass is 9.90. The van der Waals surface area contributed by atoms with Crippen molar-refractivity contribution in [3.05, 3.63) is 34.9 Å². The van der Waals surface area contributed by atoms with Crippen molar-refractivity contribution in [1.29, 1.82) is 0 Å². The second-order valence-corrected chi connectivity index (χ2v) is 6.42. The molecule has 0 saturated carbocycles. The van der Waals surface area contributed by atoms with E-state index in [-0.39, 0.29) is 17.5 Å². The highest BCUT2D eigenvalue weighted by molar-refractivity contribution is 5.87. The maximum absolute atomic E-state index is 12.8. The summed E-state index contributed by atoms with van der Waals surface area (Å²) in [6.45, 7) is 9.37. The minimum absolute atomic E-state index is 0.0496. The van der Waals surface area contributed by atoms with Crippen LogP contribution >= 0.6 is 0 Å². The first kappa shape index (κ1) is 16.0. The number of hydrogen-bond acceptors (Lipinski definition) is 2. The van der Waals surface area contributed by atoms with Gasteiger partial charge in [-0.3, -0.25) is 4.79 Å². The quantitative estimate of drug-likeness (QED) is 0.872. The Balaban J connectivity index is 2.12. The van der Waals surface area contributed by atoms with Gasteiger partial charge in [0.1, 0.15) is 0 Å². The predicted octanol–water partition coefficient (Wildman–Crippen LogP) is 3.40. The summed E-state index contributed by atoms with van der Waals surface area (Å²) in [5.41, 5.74) is 3.34. The zero-order valence-electron chi connectivity index (χ0n) is 13.8. The van der Waals surface area contributed by atoms with E-state index in [9.17, 15) is 4.79 Å². The molecule has 0 aliphatic carbocycles. The van der Waals surface area contributed by atoms with Crippen LogP contribution in [0, 0.1) is 13.8 Å². The van der Waals surface area contributed by atoms with Crippen molar-refractivity contribution in [2.24, 2.45) is 0 Å². The minimum atomic E-state index is -0.346. The van der Waals surface area contributed by atoms with E-state index in [4.69, 9.17) is 0 Å². The third kappa shape index (κ3) is 3.46. The van der Waals surface area contributed by atoms with Gasteiger partial charge in [-0.15, -0.1) is 0 Å². The number of carbonyl (C=O) groups is 1. The van der Waals surface area contributed by atoms with E-state index in [0.29, 0.717) is 0 Å². The third-order valence-electron chi connectivity index (χ3n) is 4.60. The van der Waals surface area contributed by atoms with Crippen molar-refractivity contribution < 1.29 is 4.79 Å². The van der Waals surface area contributed by atoms with Crippen LogP contribution in [-0.4, -0.2) is 18.0 Å². The molecule has 2 rings (SSSR count). The van der Waals surface area contributed by atoms with Gasteiger partial charge in [0.25, 0.3) is 0 Å². The maximum Gasteiger partial charge on any atom is 0.240 e. The van der Waals surface area contributed by atoms with Crippen LogP contribution < -0.4 is 10.6 Å². The summed E-state index contributed by atoms with van der Waals surface area (Å²) in [5, 5.41) is 6.67. The van der Waals surface area contributed by atoms with E-state index in [2.05, 4.69) is 56.5 Å². The Morgan fingerprint density at radius 2 is 2.19 bits per heavy atom. The van der Waals surface area contributed by atoms with Gasteiger partial charge in [0, 0.05) is 0 Å². The summed E-state index contributed by atoms with van der Waals surface area (Å²) in [4.78, 5) is 12.8. The number of carbonyl (C=O) groups excluding carboxylic acids is 1. The van der Waals surface area contributed by atoms with Crippen LogP contribution in [0.1, 0.15) is 62.3 Å². The smallest absolute Gasteiger partial charge is 0.240 e. The molecule has 0 bridgehead atoms. The normalized spacial score (nSPS) is 23.0. The summed E-state index contributed by atoms with van der Waals surface area (Å²) >= 11 is 0. The number of nitrogens with one attached hydrogen (secondary N) is 2. The molecule has 116 valence electrons. The molecule has 2 unspecified atom stereocenters. The number of rotatable bonds is 5. The van der Waals surface area contributed by atoms with Crippen molar-refractivity contribution in [1.82, 2.24) is 10.6 Å². The molecule has 0 radical (unpaired) electrons. The first-order valence-electron chi connectivity index (χ1n) is 8.11. The molecule has 3 heteroatoms. The molecule has 0 spiro atoms. The Morgan fingerprint density at radius 3 is 2.81 bits per heavy atom. The van der Waals surface area contributed by atoms with Crippen molar-refractivity contribution >= 4 is 5.91 Å². The fraction of sp³-hybridized carbons (Fsp3) is 0.611. The number of aryl methyl sites for hydroxylation is 2. The standard InChI is InChI=1S/C18H28N2O/c1-5-9-18(10-6-11-19-18)17(21)20-15(4)16-12-13(2)7-8-14(16)3/h7-8,12,15,19H,5-6,9-11H2,1-4H3,(H,20,21). The van der Waals surface area contributed by atoms with Crippen LogP contribution in [0.5, 0.6) is 0 Å². The van der Waals surface area contributed by atoms with E-state index in [1.807, 2.05) is 0 Å². The molecule has 1 heterocycles. The topological polar surface area (TPSA) is 41.1 Å². The molecule has 1 aromatic rings. The Morgan fingerprint density at radius 1 is 1.43 bits per heavy atom. The highest BCUT2D eigenvalue weighted by atomic mass is 16.2. The van der Waals surface area contributed by atoms with Crippen molar-refractivity contribution in [3.8, 4) is 0 Å². The summed E-state index contributed by atoms with van der Waals surface area (Å²) < 4.78 is 0. The number of amides is 1. The molecule has 21 heavy (non-hydrogen) atoms. The summed E-state index contributed by atoms with van der Waals surface area (Å²) in [5.74, 6) is 0.162. The van der Waals surface area contributed by atoms with E-state index in [0.717, 1.165) is 32.2 Å². The Hall–Kier alpha value is -1.35. The fourth-order valence-electron chi connectivity index (χ4n) is 3.39. The molecule has 1 aromatic carbocycles. The van der Waals surface area contributed by atoms with Crippen LogP contribution in [0.3, 0.4) is 0 Å². The van der Waals surface area contributed by atoms with Gasteiger partial charge in [0.2, 0.25) is 5.91 Å². The lowest BCUT2D eigenvalue weighted by molar-refractivity contribution is -0.128. The first-order chi connectivity index (χ1) is 9.98. The van der Waals surface area contributed by atoms with E-state index in [1.165, 1.54) is 16.7 Å². The monoisotopic (exact) mass is 288 g/mol. The van der Waals surface area contributed by atoms with Crippen molar-refractivity contribution in [2.75, 3.05) is 6.54 Å². The molecule has 1 saturated heterocycles. The zero-order valence-corrected chi connectivity index (χ0v) is 13.8. The average Bonchev–Trinajstić information content (AvgIpc) is 2.91. The van der Waals surface area contributed by atoms with Crippen LogP contribution in [0.25, 0.3) is 0 Å². The van der Waals surface area contributed by atoms with Gasteiger partial charge in [-0.05, 0) is 57.7 Å². The van der Waals surface area contributed by atoms with E-state index >= 15 is 0 Å². The molecule has 0 aromatic heterocycles. The predicted molar refractivity (Wildman–Crippen MR) is 87.3 cm³/mol. The largest absolute Gasteiger partial charge is 0.348 e. The van der Waals surface area contributed by atoms with Gasteiger partial charge < -0.3 is 10.6 Å². The summed E-state index contributed by atoms with van der Waals surface area (Å²) in [6, 6.07) is 6.47. The second-order valence-electron chi connectivity index (χ2n) is 6.42. The van der Waals surface area contributed by atoms with Gasteiger partial charge >= 0.3 is 0 Å². The van der Waals surface area contributed by atoms with Crippen LogP contribution in [0.2, 0.25) is 0 Å². The number of benzene rings is 1. The zero-order chi connectivity index (χ0) is 15.5. The van der Waals surface area contributed by atoms with Crippen LogP contribution in [0.15, 0.2) is 18.2 Å². The average molecular weight is 288 g/mol. The Bertz CT molecular complexity index is 504. The van der Waals surface area contributed by atoms with E-state index < -0.39 is 0 Å². The Labute approximate surface area is 128 Å². The highest BCUT2D eigenvalue weighted by Crippen LogP contribution is 2.27. The lowest BCUT2D eigenvalue weighted by Crippen LogP contribution is -2.53. The number of hydrogen-bond donors (Lipinski definition) is 2.